The average Bonchev–Trinajstić information content (AvgIpc) is 2.34. The van der Waals surface area contributed by atoms with E-state index in [4.69, 9.17) is 10.5 Å². The van der Waals surface area contributed by atoms with Crippen LogP contribution in [0.1, 0.15) is 5.69 Å². The Kier molecular flexibility index (Phi) is 2.82. The molecule has 0 amide bonds. The lowest BCUT2D eigenvalue weighted by Crippen LogP contribution is -2.11. The first-order chi connectivity index (χ1) is 8.13. The number of ether oxygens (including phenoxy) is 2. The molecule has 0 saturated heterocycles. The maximum absolute atomic E-state index is 11.1. The van der Waals surface area contributed by atoms with E-state index in [2.05, 4.69) is 9.72 Å². The van der Waals surface area contributed by atoms with Crippen LogP contribution in [0.25, 0.3) is 10.9 Å². The first-order valence-corrected chi connectivity index (χ1v) is 5.04. The summed E-state index contributed by atoms with van der Waals surface area (Å²) >= 11 is 0. The van der Waals surface area contributed by atoms with E-state index in [1.165, 1.54) is 7.11 Å². The minimum absolute atomic E-state index is 0.246. The number of carbonyl (C=O) groups excluding carboxylic acids is 1. The summed E-state index contributed by atoms with van der Waals surface area (Å²) in [6.45, 7) is 1.72. The molecule has 2 aromatic rings. The number of para-hydroxylation sites is 1. The Balaban J connectivity index is 2.59. The number of rotatable bonds is 1. The molecule has 0 aliphatic rings. The second kappa shape index (κ2) is 4.29. The van der Waals surface area contributed by atoms with Crippen molar-refractivity contribution in [2.45, 2.75) is 6.92 Å². The number of anilines is 1. The quantitative estimate of drug-likeness (QED) is 0.763. The molecule has 5 heteroatoms. The zero-order valence-corrected chi connectivity index (χ0v) is 9.56. The molecule has 0 unspecified atom stereocenters. The van der Waals surface area contributed by atoms with Crippen molar-refractivity contribution in [1.82, 2.24) is 4.98 Å². The molecule has 0 aliphatic heterocycles. The third-order valence-electron chi connectivity index (χ3n) is 2.41. The lowest BCUT2D eigenvalue weighted by Gasteiger charge is -2.10. The molecule has 1 heterocycles. The number of benzene rings is 1. The number of methoxy groups -OCH3 is 1. The maximum Gasteiger partial charge on any atom is 0.513 e. The molecule has 0 bridgehead atoms. The van der Waals surface area contributed by atoms with E-state index >= 15 is 0 Å². The Morgan fingerprint density at radius 3 is 2.76 bits per heavy atom. The fourth-order valence-electron chi connectivity index (χ4n) is 1.60. The first-order valence-electron chi connectivity index (χ1n) is 5.04. The van der Waals surface area contributed by atoms with Crippen molar-refractivity contribution >= 4 is 22.7 Å². The van der Waals surface area contributed by atoms with Crippen LogP contribution >= 0.6 is 0 Å². The highest BCUT2D eigenvalue weighted by Crippen LogP contribution is 2.32. The van der Waals surface area contributed by atoms with Gasteiger partial charge >= 0.3 is 6.16 Å². The van der Waals surface area contributed by atoms with Gasteiger partial charge in [-0.2, -0.15) is 0 Å². The van der Waals surface area contributed by atoms with Crippen molar-refractivity contribution in [2.75, 3.05) is 12.8 Å². The normalized spacial score (nSPS) is 10.2. The number of nitrogen functional groups attached to an aromatic ring is 1. The molecule has 5 nitrogen and oxygen atoms in total. The number of hydrogen-bond acceptors (Lipinski definition) is 5. The van der Waals surface area contributed by atoms with Gasteiger partial charge in [0.25, 0.3) is 0 Å². The predicted molar refractivity (Wildman–Crippen MR) is 63.9 cm³/mol. The standard InChI is InChI=1S/C12H12N2O3/c1-7-11(17-12(15)16-2)10(13)8-5-3-4-6-9(8)14-7/h3-6H,1-2H3,(H2,13,14). The number of pyridine rings is 1. The van der Waals surface area contributed by atoms with Crippen LogP contribution in [0.4, 0.5) is 10.5 Å². The SMILES string of the molecule is COC(=O)Oc1c(C)nc2ccccc2c1N. The predicted octanol–water partition coefficient (Wildman–Crippen LogP) is 2.27. The summed E-state index contributed by atoms with van der Waals surface area (Å²) in [4.78, 5) is 15.4. The first kappa shape index (κ1) is 11.2. The minimum Gasteiger partial charge on any atom is -0.437 e. The smallest absolute Gasteiger partial charge is 0.437 e. The summed E-state index contributed by atoms with van der Waals surface area (Å²) in [6.07, 6.45) is -0.808. The average molecular weight is 232 g/mol. The summed E-state index contributed by atoms with van der Waals surface area (Å²) < 4.78 is 9.42. The van der Waals surface area contributed by atoms with Gasteiger partial charge < -0.3 is 15.2 Å². The van der Waals surface area contributed by atoms with Crippen molar-refractivity contribution in [1.29, 1.82) is 0 Å². The number of hydrogen-bond donors (Lipinski definition) is 1. The second-order valence-corrected chi connectivity index (χ2v) is 3.51. The summed E-state index contributed by atoms with van der Waals surface area (Å²) in [5, 5.41) is 0.747. The Morgan fingerprint density at radius 2 is 2.06 bits per heavy atom. The van der Waals surface area contributed by atoms with E-state index in [-0.39, 0.29) is 5.75 Å². The Labute approximate surface area is 98.2 Å². The van der Waals surface area contributed by atoms with Crippen molar-refractivity contribution in [3.63, 3.8) is 0 Å². The van der Waals surface area contributed by atoms with Crippen LogP contribution in [0, 0.1) is 6.92 Å². The molecular formula is C12H12N2O3. The fraction of sp³-hybridized carbons (Fsp3) is 0.167. The number of aromatic nitrogens is 1. The van der Waals surface area contributed by atoms with Crippen LogP contribution in [0.3, 0.4) is 0 Å². The van der Waals surface area contributed by atoms with Gasteiger partial charge in [0.1, 0.15) is 0 Å². The molecule has 0 aliphatic carbocycles. The summed E-state index contributed by atoms with van der Waals surface area (Å²) in [7, 11) is 1.24. The highest BCUT2D eigenvalue weighted by molar-refractivity contribution is 5.94. The van der Waals surface area contributed by atoms with Gasteiger partial charge in [0.05, 0.1) is 24.0 Å². The van der Waals surface area contributed by atoms with E-state index < -0.39 is 6.16 Å². The van der Waals surface area contributed by atoms with Gasteiger partial charge in [0, 0.05) is 5.39 Å². The summed E-state index contributed by atoms with van der Waals surface area (Å²) in [6, 6.07) is 7.38. The fourth-order valence-corrected chi connectivity index (χ4v) is 1.60. The highest BCUT2D eigenvalue weighted by atomic mass is 16.7. The van der Waals surface area contributed by atoms with Crippen LogP contribution in [-0.2, 0) is 4.74 Å². The van der Waals surface area contributed by atoms with Crippen LogP contribution < -0.4 is 10.5 Å². The lowest BCUT2D eigenvalue weighted by atomic mass is 10.1. The van der Waals surface area contributed by atoms with Crippen LogP contribution in [-0.4, -0.2) is 18.2 Å². The molecule has 0 spiro atoms. The van der Waals surface area contributed by atoms with Gasteiger partial charge in [-0.25, -0.2) is 9.78 Å². The van der Waals surface area contributed by atoms with E-state index in [1.807, 2.05) is 24.3 Å². The van der Waals surface area contributed by atoms with Gasteiger partial charge in [0.15, 0.2) is 5.75 Å². The third kappa shape index (κ3) is 1.99. The number of fused-ring (bicyclic) bond motifs is 1. The molecule has 2 N–H and O–H groups in total. The Morgan fingerprint density at radius 1 is 1.35 bits per heavy atom. The topological polar surface area (TPSA) is 74.4 Å². The van der Waals surface area contributed by atoms with E-state index in [9.17, 15) is 4.79 Å². The molecule has 0 saturated carbocycles. The molecule has 1 aromatic heterocycles. The van der Waals surface area contributed by atoms with E-state index in [1.54, 1.807) is 6.92 Å². The van der Waals surface area contributed by atoms with Crippen LogP contribution in [0.5, 0.6) is 5.75 Å². The molecular weight excluding hydrogens is 220 g/mol. The van der Waals surface area contributed by atoms with Gasteiger partial charge in [-0.3, -0.25) is 0 Å². The van der Waals surface area contributed by atoms with Crippen molar-refractivity contribution < 1.29 is 14.3 Å². The minimum atomic E-state index is -0.808. The van der Waals surface area contributed by atoms with E-state index in [0.29, 0.717) is 11.4 Å². The Bertz CT molecular complexity index is 581. The van der Waals surface area contributed by atoms with Crippen molar-refractivity contribution in [2.24, 2.45) is 0 Å². The Hall–Kier alpha value is -2.30. The summed E-state index contributed by atoms with van der Waals surface area (Å²) in [5.74, 6) is 0.246. The molecule has 88 valence electrons. The molecule has 0 fully saturated rings. The number of nitrogens with two attached hydrogens (primary N) is 1. The van der Waals surface area contributed by atoms with Gasteiger partial charge in [-0.05, 0) is 13.0 Å². The maximum atomic E-state index is 11.1. The zero-order valence-electron chi connectivity index (χ0n) is 9.56. The number of nitrogens with zero attached hydrogens (tertiary/aromatic N) is 1. The van der Waals surface area contributed by atoms with Crippen molar-refractivity contribution in [3.05, 3.63) is 30.0 Å². The molecule has 0 radical (unpaired) electrons. The van der Waals surface area contributed by atoms with Crippen molar-refractivity contribution in [3.8, 4) is 5.75 Å². The molecule has 0 atom stereocenters. The lowest BCUT2D eigenvalue weighted by molar-refractivity contribution is 0.121. The largest absolute Gasteiger partial charge is 0.513 e. The second-order valence-electron chi connectivity index (χ2n) is 3.51. The van der Waals surface area contributed by atoms with Gasteiger partial charge in [-0.15, -0.1) is 0 Å². The number of aryl methyl sites for hydroxylation is 1. The summed E-state index contributed by atoms with van der Waals surface area (Å²) in [5.41, 5.74) is 7.65. The monoisotopic (exact) mass is 232 g/mol. The highest BCUT2D eigenvalue weighted by Gasteiger charge is 2.14. The molecule has 17 heavy (non-hydrogen) atoms. The zero-order chi connectivity index (χ0) is 12.4. The van der Waals surface area contributed by atoms with Crippen LogP contribution in [0.2, 0.25) is 0 Å². The van der Waals surface area contributed by atoms with Crippen LogP contribution in [0.15, 0.2) is 24.3 Å². The molecule has 1 aromatic carbocycles. The van der Waals surface area contributed by atoms with Gasteiger partial charge in [-0.1, -0.05) is 18.2 Å². The van der Waals surface area contributed by atoms with E-state index in [0.717, 1.165) is 10.9 Å². The molecule has 2 rings (SSSR count). The van der Waals surface area contributed by atoms with Gasteiger partial charge in [0.2, 0.25) is 0 Å². The number of carbonyl (C=O) groups is 1. The third-order valence-corrected chi connectivity index (χ3v) is 2.41.